The lowest BCUT2D eigenvalue weighted by atomic mass is 10.1. The van der Waals surface area contributed by atoms with Gasteiger partial charge in [-0.2, -0.15) is 9.78 Å². The van der Waals surface area contributed by atoms with Crippen molar-refractivity contribution in [3.05, 3.63) is 70.0 Å². The SMILES string of the molecule is Cc1cc(NC(=O)C2CC(=O)N(Cc3ccccc3)C2)n(-c2ncc(Cl)cc2Cl)n1. The third kappa shape index (κ3) is 4.32. The van der Waals surface area contributed by atoms with Crippen molar-refractivity contribution in [3.8, 4) is 5.82 Å². The van der Waals surface area contributed by atoms with E-state index in [4.69, 9.17) is 23.2 Å². The Morgan fingerprint density at radius 1 is 1.23 bits per heavy atom. The number of aryl methyl sites for hydroxylation is 1. The van der Waals surface area contributed by atoms with E-state index in [0.717, 1.165) is 5.56 Å². The molecule has 1 unspecified atom stereocenters. The van der Waals surface area contributed by atoms with E-state index in [2.05, 4.69) is 15.4 Å². The predicted molar refractivity (Wildman–Crippen MR) is 115 cm³/mol. The van der Waals surface area contributed by atoms with Gasteiger partial charge in [0.1, 0.15) is 5.82 Å². The molecule has 3 heterocycles. The quantitative estimate of drug-likeness (QED) is 0.648. The highest BCUT2D eigenvalue weighted by molar-refractivity contribution is 6.35. The molecule has 0 radical (unpaired) electrons. The highest BCUT2D eigenvalue weighted by atomic mass is 35.5. The van der Waals surface area contributed by atoms with Gasteiger partial charge in [0.05, 0.1) is 21.7 Å². The smallest absolute Gasteiger partial charge is 0.230 e. The van der Waals surface area contributed by atoms with E-state index in [1.165, 1.54) is 10.9 Å². The first-order chi connectivity index (χ1) is 14.4. The van der Waals surface area contributed by atoms with Gasteiger partial charge in [-0.3, -0.25) is 9.59 Å². The summed E-state index contributed by atoms with van der Waals surface area (Å²) in [6.45, 7) is 2.66. The van der Waals surface area contributed by atoms with Gasteiger partial charge in [-0.05, 0) is 18.6 Å². The van der Waals surface area contributed by atoms with Crippen molar-refractivity contribution in [1.82, 2.24) is 19.7 Å². The number of amides is 2. The fourth-order valence-corrected chi connectivity index (χ4v) is 3.91. The Labute approximate surface area is 183 Å². The summed E-state index contributed by atoms with van der Waals surface area (Å²) in [7, 11) is 0. The van der Waals surface area contributed by atoms with Crippen LogP contribution in [-0.4, -0.2) is 38.0 Å². The average molecular weight is 444 g/mol. The zero-order chi connectivity index (χ0) is 21.3. The molecule has 1 atom stereocenters. The minimum absolute atomic E-state index is 0.0360. The Morgan fingerprint density at radius 2 is 2.00 bits per heavy atom. The third-order valence-corrected chi connectivity index (χ3v) is 5.36. The molecule has 4 rings (SSSR count). The summed E-state index contributed by atoms with van der Waals surface area (Å²) >= 11 is 12.2. The number of benzene rings is 1. The lowest BCUT2D eigenvalue weighted by Gasteiger charge is -2.17. The van der Waals surface area contributed by atoms with Crippen LogP contribution in [-0.2, 0) is 16.1 Å². The molecule has 154 valence electrons. The van der Waals surface area contributed by atoms with Gasteiger partial charge in [0, 0.05) is 31.8 Å². The zero-order valence-corrected chi connectivity index (χ0v) is 17.7. The van der Waals surface area contributed by atoms with E-state index in [1.807, 2.05) is 30.3 Å². The average Bonchev–Trinajstić information content (AvgIpc) is 3.25. The Balaban J connectivity index is 1.49. The number of nitrogens with zero attached hydrogens (tertiary/aromatic N) is 4. The fourth-order valence-electron chi connectivity index (χ4n) is 3.45. The predicted octanol–water partition coefficient (Wildman–Crippen LogP) is 3.87. The highest BCUT2D eigenvalue weighted by Gasteiger charge is 2.34. The van der Waals surface area contributed by atoms with Crippen LogP contribution >= 0.6 is 23.2 Å². The molecule has 0 saturated carbocycles. The molecule has 1 N–H and O–H groups in total. The maximum Gasteiger partial charge on any atom is 0.230 e. The molecule has 0 bridgehead atoms. The molecule has 2 aromatic heterocycles. The van der Waals surface area contributed by atoms with Crippen molar-refractivity contribution < 1.29 is 9.59 Å². The standard InChI is InChI=1S/C21H19Cl2N5O2/c1-13-7-18(28(26-13)20-17(23)9-16(22)10-24-20)25-21(30)15-8-19(29)27(12-15)11-14-5-3-2-4-6-14/h2-7,9-10,15H,8,11-12H2,1H3,(H,25,30). The van der Waals surface area contributed by atoms with Crippen LogP contribution in [0, 0.1) is 12.8 Å². The molecule has 2 amide bonds. The number of halogens is 2. The van der Waals surface area contributed by atoms with Crippen LogP contribution in [0.25, 0.3) is 5.82 Å². The molecule has 9 heteroatoms. The van der Waals surface area contributed by atoms with E-state index in [0.29, 0.717) is 40.5 Å². The number of carbonyl (C=O) groups is 2. The molecular weight excluding hydrogens is 425 g/mol. The van der Waals surface area contributed by atoms with E-state index in [9.17, 15) is 9.59 Å². The minimum atomic E-state index is -0.446. The Bertz CT molecular complexity index is 1100. The molecule has 0 aliphatic carbocycles. The van der Waals surface area contributed by atoms with Crippen molar-refractivity contribution in [2.45, 2.75) is 19.9 Å². The molecule has 1 saturated heterocycles. The number of pyridine rings is 1. The first-order valence-corrected chi connectivity index (χ1v) is 10.2. The summed E-state index contributed by atoms with van der Waals surface area (Å²) in [6, 6.07) is 13.0. The first kappa shape index (κ1) is 20.4. The minimum Gasteiger partial charge on any atom is -0.338 e. The van der Waals surface area contributed by atoms with Crippen LogP contribution in [0.5, 0.6) is 0 Å². The van der Waals surface area contributed by atoms with E-state index in [-0.39, 0.29) is 18.2 Å². The van der Waals surface area contributed by atoms with Crippen LogP contribution in [0.3, 0.4) is 0 Å². The first-order valence-electron chi connectivity index (χ1n) is 9.41. The number of carbonyl (C=O) groups excluding carboxylic acids is 2. The summed E-state index contributed by atoms with van der Waals surface area (Å²) in [4.78, 5) is 31.2. The summed E-state index contributed by atoms with van der Waals surface area (Å²) < 4.78 is 1.46. The number of likely N-dealkylation sites (tertiary alicyclic amines) is 1. The Kier molecular flexibility index (Phi) is 5.74. The maximum absolute atomic E-state index is 12.9. The lowest BCUT2D eigenvalue weighted by molar-refractivity contribution is -0.128. The normalized spacial score (nSPS) is 16.2. The number of hydrogen-bond acceptors (Lipinski definition) is 4. The Hall–Kier alpha value is -2.90. The molecule has 1 aliphatic rings. The van der Waals surface area contributed by atoms with E-state index in [1.54, 1.807) is 24.0 Å². The van der Waals surface area contributed by atoms with Crippen molar-refractivity contribution in [2.24, 2.45) is 5.92 Å². The number of rotatable bonds is 5. The van der Waals surface area contributed by atoms with Crippen LogP contribution in [0.15, 0.2) is 48.7 Å². The largest absolute Gasteiger partial charge is 0.338 e. The summed E-state index contributed by atoms with van der Waals surface area (Å²) in [6.07, 6.45) is 1.63. The van der Waals surface area contributed by atoms with Crippen molar-refractivity contribution in [1.29, 1.82) is 0 Å². The van der Waals surface area contributed by atoms with Crippen molar-refractivity contribution in [2.75, 3.05) is 11.9 Å². The Morgan fingerprint density at radius 3 is 2.73 bits per heavy atom. The van der Waals surface area contributed by atoms with Gasteiger partial charge in [-0.1, -0.05) is 53.5 Å². The maximum atomic E-state index is 12.9. The topological polar surface area (TPSA) is 80.1 Å². The van der Waals surface area contributed by atoms with Gasteiger partial charge >= 0.3 is 0 Å². The molecule has 7 nitrogen and oxygen atoms in total. The highest BCUT2D eigenvalue weighted by Crippen LogP contribution is 2.26. The van der Waals surface area contributed by atoms with Gasteiger partial charge in [-0.15, -0.1) is 0 Å². The monoisotopic (exact) mass is 443 g/mol. The van der Waals surface area contributed by atoms with Gasteiger partial charge in [0.15, 0.2) is 5.82 Å². The number of nitrogens with one attached hydrogen (secondary N) is 1. The molecular formula is C21H19Cl2N5O2. The molecule has 1 aliphatic heterocycles. The van der Waals surface area contributed by atoms with E-state index < -0.39 is 5.92 Å². The molecule has 1 aromatic carbocycles. The van der Waals surface area contributed by atoms with Crippen LogP contribution < -0.4 is 5.32 Å². The summed E-state index contributed by atoms with van der Waals surface area (Å²) in [5.41, 5.74) is 1.72. The second-order valence-corrected chi connectivity index (χ2v) is 8.04. The van der Waals surface area contributed by atoms with Crippen LogP contribution in [0.1, 0.15) is 17.7 Å². The number of aromatic nitrogens is 3. The number of anilines is 1. The van der Waals surface area contributed by atoms with Gasteiger partial charge < -0.3 is 10.2 Å². The van der Waals surface area contributed by atoms with Crippen LogP contribution in [0.2, 0.25) is 10.0 Å². The third-order valence-electron chi connectivity index (χ3n) is 4.87. The van der Waals surface area contributed by atoms with Crippen molar-refractivity contribution >= 4 is 40.8 Å². The summed E-state index contributed by atoms with van der Waals surface area (Å²) in [5, 5.41) is 7.96. The van der Waals surface area contributed by atoms with Crippen LogP contribution in [0.4, 0.5) is 5.82 Å². The van der Waals surface area contributed by atoms with Gasteiger partial charge in [-0.25, -0.2) is 4.98 Å². The van der Waals surface area contributed by atoms with Gasteiger partial charge in [0.2, 0.25) is 11.8 Å². The van der Waals surface area contributed by atoms with E-state index >= 15 is 0 Å². The second kappa shape index (κ2) is 8.45. The number of hydrogen-bond donors (Lipinski definition) is 1. The second-order valence-electron chi connectivity index (χ2n) is 7.19. The fraction of sp³-hybridized carbons (Fsp3) is 0.238. The molecule has 3 aromatic rings. The molecule has 1 fully saturated rings. The van der Waals surface area contributed by atoms with Crippen molar-refractivity contribution in [3.63, 3.8) is 0 Å². The molecule has 30 heavy (non-hydrogen) atoms. The molecule has 0 spiro atoms. The zero-order valence-electron chi connectivity index (χ0n) is 16.2. The lowest BCUT2D eigenvalue weighted by Crippen LogP contribution is -2.28. The summed E-state index contributed by atoms with van der Waals surface area (Å²) in [5.74, 6) is 0.0654. The van der Waals surface area contributed by atoms with Gasteiger partial charge in [0.25, 0.3) is 0 Å².